The van der Waals surface area contributed by atoms with Gasteiger partial charge < -0.3 is 5.11 Å². The van der Waals surface area contributed by atoms with Crippen molar-refractivity contribution in [2.75, 3.05) is 0 Å². The molecular weight excluding hydrogens is 408 g/mol. The summed E-state index contributed by atoms with van der Waals surface area (Å²) >= 11 is 0. The summed E-state index contributed by atoms with van der Waals surface area (Å²) in [5.41, 5.74) is 0.201. The molecule has 4 aliphatic rings. The van der Waals surface area contributed by atoms with Crippen molar-refractivity contribution in [3.05, 3.63) is 23.8 Å². The molecule has 3 saturated carbocycles. The van der Waals surface area contributed by atoms with Crippen LogP contribution < -0.4 is 0 Å². The van der Waals surface area contributed by atoms with Gasteiger partial charge in [-0.05, 0) is 92.4 Å². The molecule has 0 bridgehead atoms. The SMILES string of the molecule is CC(CC=CC(C)(C)O)C1CCC2(C)C3=CC(=O)C4C(C)(C)C(=O)CCC4(C)C3CCC12C. The summed E-state index contributed by atoms with van der Waals surface area (Å²) in [4.78, 5) is 26.5. The van der Waals surface area contributed by atoms with Crippen LogP contribution in [-0.2, 0) is 9.59 Å². The highest BCUT2D eigenvalue weighted by Gasteiger charge is 2.66. The smallest absolute Gasteiger partial charge is 0.160 e. The number of hydrogen-bond acceptors (Lipinski definition) is 3. The second-order valence-electron chi connectivity index (χ2n) is 13.8. The first-order valence-electron chi connectivity index (χ1n) is 13.3. The summed E-state index contributed by atoms with van der Waals surface area (Å²) in [5, 5.41) is 10.1. The van der Waals surface area contributed by atoms with Crippen LogP contribution >= 0.6 is 0 Å². The molecule has 3 heteroatoms. The number of aliphatic hydroxyl groups is 1. The maximum Gasteiger partial charge on any atom is 0.160 e. The van der Waals surface area contributed by atoms with Crippen LogP contribution in [0.2, 0.25) is 0 Å². The fraction of sp³-hybridized carbons (Fsp3) is 0.800. The molecule has 0 radical (unpaired) electrons. The molecule has 33 heavy (non-hydrogen) atoms. The standard InChI is InChI=1S/C30H46O3/c1-19(10-9-14-26(2,3)33)20-11-16-30(8)22-18-23(31)25-27(4,5)24(32)13-15-28(25,6)21(22)12-17-29(20,30)7/h9,14,18-21,25,33H,10-13,15-17H2,1-8H3. The number of fused-ring (bicyclic) bond motifs is 5. The molecule has 3 fully saturated rings. The lowest BCUT2D eigenvalue weighted by molar-refractivity contribution is -0.155. The molecule has 0 heterocycles. The van der Waals surface area contributed by atoms with E-state index in [4.69, 9.17) is 0 Å². The van der Waals surface area contributed by atoms with E-state index in [0.717, 1.165) is 25.7 Å². The molecule has 1 N–H and O–H groups in total. The number of ketones is 2. The minimum absolute atomic E-state index is 0.0457. The van der Waals surface area contributed by atoms with Gasteiger partial charge in [0.1, 0.15) is 5.78 Å². The molecule has 0 amide bonds. The molecule has 0 aromatic heterocycles. The third-order valence-corrected chi connectivity index (χ3v) is 11.1. The molecule has 0 aromatic rings. The molecule has 7 atom stereocenters. The summed E-state index contributed by atoms with van der Waals surface area (Å²) in [7, 11) is 0. The first-order valence-corrected chi connectivity index (χ1v) is 13.3. The van der Waals surface area contributed by atoms with Crippen molar-refractivity contribution >= 4 is 11.6 Å². The first-order chi connectivity index (χ1) is 15.1. The van der Waals surface area contributed by atoms with E-state index in [1.165, 1.54) is 18.4 Å². The summed E-state index contributed by atoms with van der Waals surface area (Å²) in [5.74, 6) is 1.85. The van der Waals surface area contributed by atoms with Crippen molar-refractivity contribution in [1.29, 1.82) is 0 Å². The molecule has 0 saturated heterocycles. The Hall–Kier alpha value is -1.22. The van der Waals surface area contributed by atoms with Crippen LogP contribution in [-0.4, -0.2) is 22.3 Å². The van der Waals surface area contributed by atoms with E-state index in [1.54, 1.807) is 0 Å². The van der Waals surface area contributed by atoms with Gasteiger partial charge in [-0.15, -0.1) is 0 Å². The first kappa shape index (κ1) is 24.9. The highest BCUT2D eigenvalue weighted by atomic mass is 16.3. The molecule has 3 nitrogen and oxygen atoms in total. The van der Waals surface area contributed by atoms with Crippen LogP contribution in [0.25, 0.3) is 0 Å². The lowest BCUT2D eigenvalue weighted by Gasteiger charge is -2.62. The average molecular weight is 455 g/mol. The maximum absolute atomic E-state index is 13.7. The van der Waals surface area contributed by atoms with E-state index in [2.05, 4.69) is 33.8 Å². The van der Waals surface area contributed by atoms with E-state index in [0.29, 0.717) is 24.2 Å². The number of rotatable bonds is 4. The number of carbonyl (C=O) groups is 2. The van der Waals surface area contributed by atoms with Gasteiger partial charge in [0, 0.05) is 17.8 Å². The van der Waals surface area contributed by atoms with E-state index >= 15 is 0 Å². The van der Waals surface area contributed by atoms with Crippen molar-refractivity contribution in [3.8, 4) is 0 Å². The van der Waals surface area contributed by atoms with Crippen molar-refractivity contribution in [2.45, 2.75) is 106 Å². The summed E-state index contributed by atoms with van der Waals surface area (Å²) in [6.07, 6.45) is 13.2. The molecule has 0 aromatic carbocycles. The fourth-order valence-corrected chi connectivity index (χ4v) is 9.10. The Bertz CT molecular complexity index is 902. The second-order valence-corrected chi connectivity index (χ2v) is 13.8. The van der Waals surface area contributed by atoms with Gasteiger partial charge in [0.2, 0.25) is 0 Å². The Balaban J connectivity index is 1.67. The van der Waals surface area contributed by atoms with Gasteiger partial charge in [0.05, 0.1) is 5.60 Å². The molecule has 0 spiro atoms. The molecule has 4 rings (SSSR count). The Labute approximate surface area is 201 Å². The predicted molar refractivity (Wildman–Crippen MR) is 134 cm³/mol. The Kier molecular flexibility index (Phi) is 5.76. The number of hydrogen-bond donors (Lipinski definition) is 1. The van der Waals surface area contributed by atoms with Gasteiger partial charge in [-0.25, -0.2) is 0 Å². The fourth-order valence-electron chi connectivity index (χ4n) is 9.10. The maximum atomic E-state index is 13.7. The predicted octanol–water partition coefficient (Wildman–Crippen LogP) is 6.69. The van der Waals surface area contributed by atoms with Crippen molar-refractivity contribution in [2.24, 2.45) is 45.3 Å². The lowest BCUT2D eigenvalue weighted by atomic mass is 9.41. The molecule has 4 aliphatic carbocycles. The number of Topliss-reactive ketones (excluding diaryl/α,β-unsaturated/α-hetero) is 1. The van der Waals surface area contributed by atoms with Gasteiger partial charge in [0.15, 0.2) is 5.78 Å². The number of carbonyl (C=O) groups excluding carboxylic acids is 2. The Morgan fingerprint density at radius 3 is 2.39 bits per heavy atom. The summed E-state index contributed by atoms with van der Waals surface area (Å²) in [6, 6.07) is 0. The minimum atomic E-state index is -0.764. The quantitative estimate of drug-likeness (QED) is 0.481. The zero-order chi connectivity index (χ0) is 24.6. The van der Waals surface area contributed by atoms with E-state index < -0.39 is 11.0 Å². The second kappa shape index (κ2) is 7.64. The summed E-state index contributed by atoms with van der Waals surface area (Å²) in [6.45, 7) is 17.3. The van der Waals surface area contributed by atoms with Crippen LogP contribution in [0.4, 0.5) is 0 Å². The molecular formula is C30H46O3. The zero-order valence-electron chi connectivity index (χ0n) is 22.3. The van der Waals surface area contributed by atoms with Gasteiger partial charge in [-0.1, -0.05) is 59.3 Å². The van der Waals surface area contributed by atoms with Gasteiger partial charge in [0.25, 0.3) is 0 Å². The zero-order valence-corrected chi connectivity index (χ0v) is 22.3. The van der Waals surface area contributed by atoms with Crippen LogP contribution in [0, 0.1) is 45.3 Å². The highest BCUT2D eigenvalue weighted by Crippen LogP contribution is 2.72. The molecule has 184 valence electrons. The van der Waals surface area contributed by atoms with Gasteiger partial charge in [-0.2, -0.15) is 0 Å². The van der Waals surface area contributed by atoms with Crippen molar-refractivity contribution < 1.29 is 14.7 Å². The van der Waals surface area contributed by atoms with Crippen LogP contribution in [0.3, 0.4) is 0 Å². The minimum Gasteiger partial charge on any atom is -0.386 e. The molecule has 7 unspecified atom stereocenters. The average Bonchev–Trinajstić information content (AvgIpc) is 2.96. The third kappa shape index (κ3) is 3.55. The largest absolute Gasteiger partial charge is 0.386 e. The van der Waals surface area contributed by atoms with E-state index in [9.17, 15) is 14.7 Å². The van der Waals surface area contributed by atoms with Crippen LogP contribution in [0.5, 0.6) is 0 Å². The van der Waals surface area contributed by atoms with Crippen molar-refractivity contribution in [1.82, 2.24) is 0 Å². The van der Waals surface area contributed by atoms with Gasteiger partial charge >= 0.3 is 0 Å². The molecule has 0 aliphatic heterocycles. The van der Waals surface area contributed by atoms with Gasteiger partial charge in [-0.3, -0.25) is 9.59 Å². The topological polar surface area (TPSA) is 54.4 Å². The van der Waals surface area contributed by atoms with Crippen molar-refractivity contribution in [3.63, 3.8) is 0 Å². The van der Waals surface area contributed by atoms with E-state index in [-0.39, 0.29) is 33.7 Å². The Morgan fingerprint density at radius 1 is 1.09 bits per heavy atom. The normalized spacial score (nSPS) is 43.7. The monoisotopic (exact) mass is 454 g/mol. The third-order valence-electron chi connectivity index (χ3n) is 11.1. The number of allylic oxidation sites excluding steroid dienone is 3. The van der Waals surface area contributed by atoms with Crippen LogP contribution in [0.1, 0.15) is 100 Å². The van der Waals surface area contributed by atoms with E-state index in [1.807, 2.05) is 39.8 Å². The lowest BCUT2D eigenvalue weighted by Crippen LogP contribution is -2.59. The van der Waals surface area contributed by atoms with Crippen LogP contribution in [0.15, 0.2) is 23.8 Å². The summed E-state index contributed by atoms with van der Waals surface area (Å²) < 4.78 is 0. The highest BCUT2D eigenvalue weighted by molar-refractivity contribution is 6.00. The Morgan fingerprint density at radius 2 is 1.76 bits per heavy atom.